The topological polar surface area (TPSA) is 56.5 Å². The summed E-state index contributed by atoms with van der Waals surface area (Å²) in [7, 11) is 0. The predicted molar refractivity (Wildman–Crippen MR) is 83.8 cm³/mol. The van der Waals surface area contributed by atoms with E-state index in [1.807, 2.05) is 30.3 Å². The predicted octanol–water partition coefficient (Wildman–Crippen LogP) is 3.51. The first-order valence-electron chi connectivity index (χ1n) is 6.89. The maximum atomic E-state index is 12.0. The van der Waals surface area contributed by atoms with Gasteiger partial charge < -0.3 is 9.15 Å². The molecule has 2 rings (SSSR count). The average Bonchev–Trinajstić information content (AvgIpc) is 3.05. The number of carbonyl (C=O) groups excluding carboxylic acids is 2. The van der Waals surface area contributed by atoms with Gasteiger partial charge in [-0.05, 0) is 42.3 Å². The molecule has 0 radical (unpaired) electrons. The lowest BCUT2D eigenvalue weighted by atomic mass is 9.99. The Morgan fingerprint density at radius 1 is 1.18 bits per heavy atom. The summed E-state index contributed by atoms with van der Waals surface area (Å²) in [6.45, 7) is 1.90. The molecule has 0 saturated heterocycles. The normalized spacial score (nSPS) is 12.0. The summed E-state index contributed by atoms with van der Waals surface area (Å²) < 4.78 is 10.2. The summed E-state index contributed by atoms with van der Waals surface area (Å²) in [5.41, 5.74) is 1.22. The van der Waals surface area contributed by atoms with Crippen LogP contribution in [0, 0.1) is 0 Å². The van der Waals surface area contributed by atoms with E-state index in [2.05, 4.69) is 0 Å². The van der Waals surface area contributed by atoms with Gasteiger partial charge >= 0.3 is 5.97 Å². The molecule has 1 aromatic heterocycles. The zero-order chi connectivity index (χ0) is 15.8. The van der Waals surface area contributed by atoms with E-state index in [-0.39, 0.29) is 12.2 Å². The third-order valence-corrected chi connectivity index (χ3v) is 2.95. The number of benzene rings is 1. The SMILES string of the molecule is CCOC(=O)/C(C=O)=C(/C=C/c1ccco1)c1ccccc1. The number of esters is 1. The highest BCUT2D eigenvalue weighted by molar-refractivity contribution is 6.16. The maximum Gasteiger partial charge on any atom is 0.342 e. The van der Waals surface area contributed by atoms with Crippen LogP contribution in [0.4, 0.5) is 0 Å². The van der Waals surface area contributed by atoms with Crippen molar-refractivity contribution < 1.29 is 18.7 Å². The molecule has 4 heteroatoms. The highest BCUT2D eigenvalue weighted by atomic mass is 16.5. The maximum absolute atomic E-state index is 12.0. The van der Waals surface area contributed by atoms with Crippen LogP contribution in [0.3, 0.4) is 0 Å². The van der Waals surface area contributed by atoms with Gasteiger partial charge in [-0.25, -0.2) is 4.79 Å². The smallest absolute Gasteiger partial charge is 0.342 e. The van der Waals surface area contributed by atoms with Crippen LogP contribution >= 0.6 is 0 Å². The zero-order valence-electron chi connectivity index (χ0n) is 12.2. The van der Waals surface area contributed by atoms with Crippen LogP contribution in [-0.4, -0.2) is 18.9 Å². The summed E-state index contributed by atoms with van der Waals surface area (Å²) in [4.78, 5) is 23.4. The highest BCUT2D eigenvalue weighted by Gasteiger charge is 2.15. The molecule has 0 spiro atoms. The molecule has 0 amide bonds. The molecule has 0 N–H and O–H groups in total. The molecule has 0 aliphatic carbocycles. The summed E-state index contributed by atoms with van der Waals surface area (Å²) >= 11 is 0. The fourth-order valence-corrected chi connectivity index (χ4v) is 1.94. The molecule has 0 aliphatic heterocycles. The van der Waals surface area contributed by atoms with Crippen LogP contribution < -0.4 is 0 Å². The summed E-state index contributed by atoms with van der Waals surface area (Å²) in [6, 6.07) is 12.7. The van der Waals surface area contributed by atoms with E-state index in [4.69, 9.17) is 9.15 Å². The second-order valence-corrected chi connectivity index (χ2v) is 4.38. The van der Waals surface area contributed by atoms with Crippen molar-refractivity contribution in [2.75, 3.05) is 6.61 Å². The number of allylic oxidation sites excluding steroid dienone is 2. The Hall–Kier alpha value is -2.88. The van der Waals surface area contributed by atoms with Crippen molar-refractivity contribution in [3.8, 4) is 0 Å². The lowest BCUT2D eigenvalue weighted by Crippen LogP contribution is -2.10. The van der Waals surface area contributed by atoms with E-state index in [0.29, 0.717) is 17.6 Å². The van der Waals surface area contributed by atoms with Crippen molar-refractivity contribution in [1.82, 2.24) is 0 Å². The van der Waals surface area contributed by atoms with Gasteiger partial charge in [0.2, 0.25) is 0 Å². The number of hydrogen-bond donors (Lipinski definition) is 0. The van der Waals surface area contributed by atoms with Gasteiger partial charge in [-0.15, -0.1) is 0 Å². The standard InChI is InChI=1S/C18H16O4/c1-2-21-18(20)17(13-19)16(14-7-4-3-5-8-14)11-10-15-9-6-12-22-15/h3-13H,2H2,1H3/b11-10+,17-16-. The molecule has 0 fully saturated rings. The average molecular weight is 296 g/mol. The number of furan rings is 1. The molecule has 0 aliphatic rings. The van der Waals surface area contributed by atoms with Crippen molar-refractivity contribution in [3.05, 3.63) is 71.7 Å². The van der Waals surface area contributed by atoms with Crippen LogP contribution in [0.1, 0.15) is 18.2 Å². The fraction of sp³-hybridized carbons (Fsp3) is 0.111. The van der Waals surface area contributed by atoms with Gasteiger partial charge in [0.25, 0.3) is 0 Å². The first kappa shape index (κ1) is 15.5. The van der Waals surface area contributed by atoms with Crippen LogP contribution in [0.2, 0.25) is 0 Å². The Balaban J connectivity index is 2.49. The third kappa shape index (κ3) is 3.82. The minimum atomic E-state index is -0.638. The van der Waals surface area contributed by atoms with E-state index in [0.717, 1.165) is 5.56 Å². The van der Waals surface area contributed by atoms with Gasteiger partial charge in [-0.1, -0.05) is 30.3 Å². The summed E-state index contributed by atoms with van der Waals surface area (Å²) in [5, 5.41) is 0. The molecular weight excluding hydrogens is 280 g/mol. The number of hydrogen-bond acceptors (Lipinski definition) is 4. The van der Waals surface area contributed by atoms with Crippen LogP contribution in [0.5, 0.6) is 0 Å². The molecule has 1 heterocycles. The Labute approximate surface area is 128 Å². The molecule has 4 nitrogen and oxygen atoms in total. The Morgan fingerprint density at radius 3 is 2.55 bits per heavy atom. The molecule has 0 unspecified atom stereocenters. The van der Waals surface area contributed by atoms with Crippen molar-refractivity contribution in [2.24, 2.45) is 0 Å². The lowest BCUT2D eigenvalue weighted by molar-refractivity contribution is -0.139. The number of aldehydes is 1. The monoisotopic (exact) mass is 296 g/mol. The zero-order valence-corrected chi connectivity index (χ0v) is 12.2. The first-order chi connectivity index (χ1) is 10.8. The second-order valence-electron chi connectivity index (χ2n) is 4.38. The van der Waals surface area contributed by atoms with Gasteiger partial charge in [-0.3, -0.25) is 4.79 Å². The molecule has 22 heavy (non-hydrogen) atoms. The second kappa shape index (κ2) is 7.78. The highest BCUT2D eigenvalue weighted by Crippen LogP contribution is 2.22. The van der Waals surface area contributed by atoms with Crippen molar-refractivity contribution >= 4 is 23.9 Å². The van der Waals surface area contributed by atoms with Gasteiger partial charge in [0.05, 0.1) is 12.9 Å². The van der Waals surface area contributed by atoms with Gasteiger partial charge in [0, 0.05) is 0 Å². The van der Waals surface area contributed by atoms with Gasteiger partial charge in [0.1, 0.15) is 11.3 Å². The van der Waals surface area contributed by atoms with Crippen molar-refractivity contribution in [3.63, 3.8) is 0 Å². The first-order valence-corrected chi connectivity index (χ1v) is 6.89. The largest absolute Gasteiger partial charge is 0.465 e. The van der Waals surface area contributed by atoms with Gasteiger partial charge in [-0.2, -0.15) is 0 Å². The van der Waals surface area contributed by atoms with E-state index < -0.39 is 5.97 Å². The van der Waals surface area contributed by atoms with E-state index in [9.17, 15) is 9.59 Å². The summed E-state index contributed by atoms with van der Waals surface area (Å²) in [6.07, 6.45) is 5.45. The minimum Gasteiger partial charge on any atom is -0.465 e. The molecule has 2 aromatic rings. The molecule has 0 bridgehead atoms. The third-order valence-electron chi connectivity index (χ3n) is 2.95. The molecule has 1 aromatic carbocycles. The Kier molecular flexibility index (Phi) is 5.49. The quantitative estimate of drug-likeness (QED) is 0.204. The number of rotatable bonds is 6. The van der Waals surface area contributed by atoms with Crippen molar-refractivity contribution in [1.29, 1.82) is 0 Å². The summed E-state index contributed by atoms with van der Waals surface area (Å²) in [5.74, 6) is -0.0111. The van der Waals surface area contributed by atoms with E-state index in [1.165, 1.54) is 0 Å². The van der Waals surface area contributed by atoms with Gasteiger partial charge in [0.15, 0.2) is 6.29 Å². The molecular formula is C18H16O4. The van der Waals surface area contributed by atoms with Crippen LogP contribution in [-0.2, 0) is 14.3 Å². The van der Waals surface area contributed by atoms with Crippen LogP contribution in [0.25, 0.3) is 11.6 Å². The van der Waals surface area contributed by atoms with E-state index >= 15 is 0 Å². The van der Waals surface area contributed by atoms with Crippen molar-refractivity contribution in [2.45, 2.75) is 6.92 Å². The lowest BCUT2D eigenvalue weighted by Gasteiger charge is -2.07. The van der Waals surface area contributed by atoms with Crippen LogP contribution in [0.15, 0.2) is 64.8 Å². The fourth-order valence-electron chi connectivity index (χ4n) is 1.94. The van der Waals surface area contributed by atoms with E-state index in [1.54, 1.807) is 37.5 Å². The Morgan fingerprint density at radius 2 is 1.95 bits per heavy atom. The minimum absolute atomic E-state index is 0.0177. The Bertz CT molecular complexity index is 679. The molecule has 112 valence electrons. The molecule has 0 atom stereocenters. The molecule has 0 saturated carbocycles. The number of carbonyl (C=O) groups is 2. The number of ether oxygens (including phenoxy) is 1.